The lowest BCUT2D eigenvalue weighted by molar-refractivity contribution is -0.374. The number of aliphatic carboxylic acids is 1. The van der Waals surface area contributed by atoms with Crippen molar-refractivity contribution >= 4 is 18.0 Å². The first kappa shape index (κ1) is 52.6. The van der Waals surface area contributed by atoms with Crippen LogP contribution in [0.5, 0.6) is 0 Å². The van der Waals surface area contributed by atoms with Gasteiger partial charge in [0.2, 0.25) is 0 Å². The van der Waals surface area contributed by atoms with Gasteiger partial charge in [-0.25, -0.2) is 0 Å². The maximum atomic E-state index is 14.1. The summed E-state index contributed by atoms with van der Waals surface area (Å²) in [6.45, 7) is 33.8. The highest BCUT2D eigenvalue weighted by Gasteiger charge is 2.72. The summed E-state index contributed by atoms with van der Waals surface area (Å²) in [5.41, 5.74) is -1.10. The molecule has 4 saturated carbocycles. The van der Waals surface area contributed by atoms with E-state index in [1.165, 1.54) is 11.9 Å². The van der Waals surface area contributed by atoms with Gasteiger partial charge < -0.3 is 43.1 Å². The summed E-state index contributed by atoms with van der Waals surface area (Å²) in [4.78, 5) is 41.3. The number of hydrogen-bond acceptors (Lipinski definition) is 10. The molecule has 0 bridgehead atoms. The predicted molar refractivity (Wildman–Crippen MR) is 260 cm³/mol. The summed E-state index contributed by atoms with van der Waals surface area (Å²) in [6.07, 6.45) is 6.35. The third-order valence-corrected chi connectivity index (χ3v) is 22.5. The average Bonchev–Trinajstić information content (AvgIpc) is 3.28. The first-order valence-electron chi connectivity index (χ1n) is 27.1. The topological polar surface area (TPSA) is 136 Å². The molecule has 0 radical (unpaired) electrons. The quantitative estimate of drug-likeness (QED) is 0.120. The van der Waals surface area contributed by atoms with Crippen LogP contribution in [0.1, 0.15) is 168 Å². The van der Waals surface area contributed by atoms with E-state index in [1.807, 2.05) is 6.92 Å². The van der Waals surface area contributed by atoms with Crippen molar-refractivity contribution in [2.75, 3.05) is 13.7 Å². The molecule has 8 rings (SSSR count). The van der Waals surface area contributed by atoms with Crippen molar-refractivity contribution in [1.29, 1.82) is 0 Å². The molecule has 11 nitrogen and oxygen atoms in total. The lowest BCUT2D eigenvalue weighted by atomic mass is 9.33. The third-order valence-electron chi connectivity index (χ3n) is 22.5. The molecular formula is C57H92O11. The molecule has 0 aromatic rings. The minimum absolute atomic E-state index is 0.00302. The predicted octanol–water partition coefficient (Wildman–Crippen LogP) is 11.1. The van der Waals surface area contributed by atoms with E-state index < -0.39 is 66.2 Å². The van der Waals surface area contributed by atoms with Crippen molar-refractivity contribution in [3.63, 3.8) is 0 Å². The van der Waals surface area contributed by atoms with Gasteiger partial charge in [0.25, 0.3) is 0 Å². The maximum absolute atomic E-state index is 14.1. The molecule has 68 heavy (non-hydrogen) atoms. The van der Waals surface area contributed by atoms with Gasteiger partial charge in [0, 0.05) is 24.9 Å². The zero-order chi connectivity index (χ0) is 49.8. The van der Waals surface area contributed by atoms with Crippen LogP contribution in [0, 0.1) is 91.7 Å². The van der Waals surface area contributed by atoms with Gasteiger partial charge in [-0.3, -0.25) is 9.59 Å². The van der Waals surface area contributed by atoms with Crippen molar-refractivity contribution < 1.29 is 52.6 Å². The lowest BCUT2D eigenvalue weighted by Crippen LogP contribution is -2.68. The number of allylic oxidation sites excluding steroid dienone is 2. The van der Waals surface area contributed by atoms with Crippen LogP contribution in [0.2, 0.25) is 0 Å². The molecule has 7 fully saturated rings. The molecule has 3 aliphatic heterocycles. The fourth-order valence-electron chi connectivity index (χ4n) is 17.0. The number of aldehydes is 1. The summed E-state index contributed by atoms with van der Waals surface area (Å²) in [5.74, 6) is 0.536. The molecule has 1 N–H and O–H groups in total. The number of Topliss-reactive ketones (excluding diaryl/α,β-unsaturated/α-hetero) is 1. The standard InChI is InChI=1S/C57H92O11/c1-17-40-33(5)32(4)35(7)49(64-40)68-47-46(67-48-34(6)31(3)30(2)28-63-48)36(8)45(37(9)59)66-50(47)65-43-21-22-53(12)41(54(43,13)29-58)20-23-55(14)42(53)19-18-38-39-26-52(10,11)24-25-57(39,51(60)61)44(62-16)27-56(38,55)15/h18,29-36,39-50H,17,19-28H2,1-16H3,(H,60,61)/t30-,31+,32+,33-,34?,35?,36-,39?,40?,41-,42?,43+,44-,45?,46+,47?,48+,49+,50-,53?,54?,55?,56?,57-/m1/s1. The van der Waals surface area contributed by atoms with E-state index in [9.17, 15) is 19.5 Å². The summed E-state index contributed by atoms with van der Waals surface area (Å²) in [6, 6.07) is 0. The van der Waals surface area contributed by atoms with E-state index in [4.69, 9.17) is 33.2 Å². The minimum atomic E-state index is -1.02. The van der Waals surface area contributed by atoms with Crippen LogP contribution in [0.15, 0.2) is 11.6 Å². The molecule has 11 heteroatoms. The Morgan fingerprint density at radius 2 is 1.43 bits per heavy atom. The van der Waals surface area contributed by atoms with Crippen LogP contribution in [-0.2, 0) is 47.5 Å². The Hall–Kier alpha value is -1.73. The Morgan fingerprint density at radius 1 is 0.750 bits per heavy atom. The molecule has 0 aromatic carbocycles. The fourth-order valence-corrected chi connectivity index (χ4v) is 17.0. The number of methoxy groups -OCH3 is 1. The number of fused-ring (bicyclic) bond motifs is 7. The second-order valence-corrected chi connectivity index (χ2v) is 26.2. The first-order chi connectivity index (χ1) is 31.8. The molecular weight excluding hydrogens is 861 g/mol. The van der Waals surface area contributed by atoms with Gasteiger partial charge in [0.15, 0.2) is 24.7 Å². The second-order valence-electron chi connectivity index (χ2n) is 26.2. The van der Waals surface area contributed by atoms with E-state index in [1.54, 1.807) is 14.0 Å². The van der Waals surface area contributed by atoms with Gasteiger partial charge in [-0.05, 0) is 134 Å². The smallest absolute Gasteiger partial charge is 0.312 e. The number of carbonyl (C=O) groups excluding carboxylic acids is 2. The third kappa shape index (κ3) is 8.01. The van der Waals surface area contributed by atoms with E-state index in [0.29, 0.717) is 49.5 Å². The number of carboxylic acid groups (broad SMARTS) is 1. The number of carbonyl (C=O) groups is 3. The highest BCUT2D eigenvalue weighted by Crippen LogP contribution is 2.76. The average molecular weight is 953 g/mol. The Morgan fingerprint density at radius 3 is 2.06 bits per heavy atom. The number of ether oxygens (including phenoxy) is 7. The maximum Gasteiger partial charge on any atom is 0.312 e. The largest absolute Gasteiger partial charge is 0.481 e. The fraction of sp³-hybridized carbons (Fsp3) is 0.912. The number of hydrogen-bond donors (Lipinski definition) is 1. The molecule has 0 amide bonds. The van der Waals surface area contributed by atoms with Crippen LogP contribution in [0.25, 0.3) is 0 Å². The van der Waals surface area contributed by atoms with Crippen molar-refractivity contribution in [3.05, 3.63) is 11.6 Å². The van der Waals surface area contributed by atoms with Gasteiger partial charge in [0.1, 0.15) is 23.9 Å². The van der Waals surface area contributed by atoms with Crippen molar-refractivity contribution in [3.8, 4) is 0 Å². The van der Waals surface area contributed by atoms with Gasteiger partial charge in [0.05, 0.1) is 36.4 Å². The van der Waals surface area contributed by atoms with Crippen molar-refractivity contribution in [1.82, 2.24) is 0 Å². The molecule has 8 aliphatic rings. The highest BCUT2D eigenvalue weighted by molar-refractivity contribution is 5.81. The molecule has 0 spiro atoms. The summed E-state index contributed by atoms with van der Waals surface area (Å²) >= 11 is 0. The van der Waals surface area contributed by atoms with Crippen LogP contribution < -0.4 is 0 Å². The Balaban J connectivity index is 1.13. The van der Waals surface area contributed by atoms with Gasteiger partial charge in [-0.1, -0.05) is 109 Å². The number of rotatable bonds is 11. The van der Waals surface area contributed by atoms with Crippen LogP contribution in [-0.4, -0.2) is 92.4 Å². The van der Waals surface area contributed by atoms with E-state index >= 15 is 0 Å². The number of ketones is 1. The second kappa shape index (κ2) is 18.6. The minimum Gasteiger partial charge on any atom is -0.481 e. The van der Waals surface area contributed by atoms with Crippen LogP contribution >= 0.6 is 0 Å². The molecule has 3 saturated heterocycles. The Labute approximate surface area is 410 Å². The Bertz CT molecular complexity index is 1920. The van der Waals surface area contributed by atoms with Crippen LogP contribution in [0.3, 0.4) is 0 Å². The normalized spacial score (nSPS) is 53.4. The van der Waals surface area contributed by atoms with Crippen LogP contribution in [0.4, 0.5) is 0 Å². The zero-order valence-electron chi connectivity index (χ0n) is 44.9. The summed E-state index contributed by atoms with van der Waals surface area (Å²) in [5, 5.41) is 11.1. The first-order valence-corrected chi connectivity index (χ1v) is 27.1. The van der Waals surface area contributed by atoms with Crippen molar-refractivity contribution in [2.24, 2.45) is 91.7 Å². The zero-order valence-corrected chi connectivity index (χ0v) is 44.9. The van der Waals surface area contributed by atoms with Crippen molar-refractivity contribution in [2.45, 2.75) is 224 Å². The number of carboxylic acids is 1. The van der Waals surface area contributed by atoms with Gasteiger partial charge in [-0.15, -0.1) is 0 Å². The molecule has 11 unspecified atom stereocenters. The van der Waals surface area contributed by atoms with E-state index in [0.717, 1.165) is 44.9 Å². The Kier molecular flexibility index (Phi) is 14.4. The van der Waals surface area contributed by atoms with E-state index in [-0.39, 0.29) is 69.1 Å². The highest BCUT2D eigenvalue weighted by atomic mass is 16.8. The summed E-state index contributed by atoms with van der Waals surface area (Å²) < 4.78 is 48.2. The lowest BCUT2D eigenvalue weighted by Gasteiger charge is -2.71. The molecule has 0 aromatic heterocycles. The van der Waals surface area contributed by atoms with E-state index in [2.05, 4.69) is 96.1 Å². The van der Waals surface area contributed by atoms with Gasteiger partial charge >= 0.3 is 5.97 Å². The molecule has 24 atom stereocenters. The molecule has 3 heterocycles. The molecule has 386 valence electrons. The summed E-state index contributed by atoms with van der Waals surface area (Å²) in [7, 11) is 1.72. The SMILES string of the molecule is CCC1O[C@@H](OC2[C@H](O[C@H]3CCC4(C)C5CC=C6C7CC(C)(C)CC[C@]7(C(=O)O)[C@H](OC)CC6(C)C5(C)CC[C@H]4C3(C)C=O)OC(C(C)=O)[C@@H](C)[C@@H]2O[C@@H]2OC[C@@H](C)[C@H](C)C2C)C(C)[C@@H](C)[C@H]1C. The monoisotopic (exact) mass is 953 g/mol. The van der Waals surface area contributed by atoms with Gasteiger partial charge in [-0.2, -0.15) is 0 Å². The molecule has 5 aliphatic carbocycles.